The molecular weight excluding hydrogens is 294 g/mol. The van der Waals surface area contributed by atoms with Crippen LogP contribution in [-0.4, -0.2) is 42.2 Å². The number of rotatable bonds is 4. The minimum atomic E-state index is -0.385. The van der Waals surface area contributed by atoms with Crippen LogP contribution in [-0.2, 0) is 21.7 Å². The average molecular weight is 313 g/mol. The molecule has 0 aromatic carbocycles. The van der Waals surface area contributed by atoms with Crippen molar-refractivity contribution in [1.82, 2.24) is 4.90 Å². The van der Waals surface area contributed by atoms with Crippen molar-refractivity contribution < 1.29 is 14.3 Å². The Kier molecular flexibility index (Phi) is 5.10. The molecule has 1 aliphatic heterocycles. The summed E-state index contributed by atoms with van der Waals surface area (Å²) in [7, 11) is 1.34. The van der Waals surface area contributed by atoms with E-state index in [4.69, 9.17) is 0 Å². The van der Waals surface area contributed by atoms with Crippen LogP contribution >= 0.6 is 23.1 Å². The number of esters is 1. The maximum Gasteiger partial charge on any atom is 0.325 e. The summed E-state index contributed by atoms with van der Waals surface area (Å²) in [6.07, 6.45) is 1.04. The minimum Gasteiger partial charge on any atom is -0.468 e. The fourth-order valence-corrected chi connectivity index (χ4v) is 4.42. The van der Waals surface area contributed by atoms with Crippen LogP contribution in [0.15, 0.2) is 6.07 Å². The number of hydrogen-bond donors (Lipinski definition) is 0. The number of carbonyl (C=O) groups excluding carboxylic acids is 2. The molecular formula is C14H19NO3S2. The third kappa shape index (κ3) is 3.35. The summed E-state index contributed by atoms with van der Waals surface area (Å²) in [6.45, 7) is 3.82. The molecule has 2 heterocycles. The molecule has 0 aliphatic carbocycles. The third-order valence-electron chi connectivity index (χ3n) is 3.25. The molecule has 0 saturated heterocycles. The van der Waals surface area contributed by atoms with Gasteiger partial charge in [-0.2, -0.15) is 11.8 Å². The maximum atomic E-state index is 12.6. The van der Waals surface area contributed by atoms with Crippen molar-refractivity contribution in [2.75, 3.05) is 19.4 Å². The number of hydrogen-bond acceptors (Lipinski definition) is 5. The highest BCUT2D eigenvalue weighted by Crippen LogP contribution is 2.32. The fourth-order valence-electron chi connectivity index (χ4n) is 2.09. The molecule has 6 heteroatoms. The van der Waals surface area contributed by atoms with Crippen molar-refractivity contribution in [1.29, 1.82) is 0 Å². The Morgan fingerprint density at radius 3 is 2.80 bits per heavy atom. The van der Waals surface area contributed by atoms with Crippen molar-refractivity contribution >= 4 is 35.0 Å². The van der Waals surface area contributed by atoms with Crippen LogP contribution in [0.25, 0.3) is 0 Å². The van der Waals surface area contributed by atoms with Gasteiger partial charge in [0.15, 0.2) is 0 Å². The monoisotopic (exact) mass is 313 g/mol. The van der Waals surface area contributed by atoms with Gasteiger partial charge in [0, 0.05) is 16.7 Å². The van der Waals surface area contributed by atoms with Crippen LogP contribution in [0.3, 0.4) is 0 Å². The van der Waals surface area contributed by atoms with E-state index in [1.807, 2.05) is 31.7 Å². The van der Waals surface area contributed by atoms with Crippen molar-refractivity contribution in [2.24, 2.45) is 0 Å². The van der Waals surface area contributed by atoms with E-state index in [1.165, 1.54) is 17.6 Å². The minimum absolute atomic E-state index is 0.00428. The number of nitrogens with zero attached hydrogens (tertiary/aromatic N) is 1. The number of aryl methyl sites for hydroxylation is 1. The van der Waals surface area contributed by atoms with E-state index in [1.54, 1.807) is 16.2 Å². The van der Waals surface area contributed by atoms with Crippen molar-refractivity contribution in [3.05, 3.63) is 21.4 Å². The van der Waals surface area contributed by atoms with Gasteiger partial charge in [-0.15, -0.1) is 11.3 Å². The molecule has 0 atom stereocenters. The molecule has 0 saturated carbocycles. The Bertz CT molecular complexity index is 487. The topological polar surface area (TPSA) is 46.6 Å². The zero-order valence-corrected chi connectivity index (χ0v) is 13.6. The molecule has 0 fully saturated rings. The first-order valence-electron chi connectivity index (χ1n) is 6.60. The van der Waals surface area contributed by atoms with Crippen LogP contribution in [0.2, 0.25) is 0 Å². The van der Waals surface area contributed by atoms with Gasteiger partial charge in [-0.3, -0.25) is 9.59 Å². The first-order valence-corrected chi connectivity index (χ1v) is 8.57. The summed E-state index contributed by atoms with van der Waals surface area (Å²) in [5.41, 5.74) is 1.27. The summed E-state index contributed by atoms with van der Waals surface area (Å²) >= 11 is 3.47. The Morgan fingerprint density at radius 1 is 1.45 bits per heavy atom. The molecule has 0 bridgehead atoms. The van der Waals surface area contributed by atoms with Gasteiger partial charge in [0.05, 0.1) is 12.0 Å². The molecule has 1 aromatic rings. The molecule has 0 radical (unpaired) electrons. The summed E-state index contributed by atoms with van der Waals surface area (Å²) in [5, 5.41) is 0. The quantitative estimate of drug-likeness (QED) is 0.802. The van der Waals surface area contributed by atoms with E-state index < -0.39 is 0 Å². The number of amides is 1. The SMILES string of the molecule is COC(=O)CN(C(=O)c1cc2c(s1)CCSC2)C(C)C. The second-order valence-electron chi connectivity index (χ2n) is 4.96. The van der Waals surface area contributed by atoms with Crippen molar-refractivity contribution in [2.45, 2.75) is 32.1 Å². The zero-order valence-electron chi connectivity index (χ0n) is 12.0. The Morgan fingerprint density at radius 2 is 2.20 bits per heavy atom. The number of methoxy groups -OCH3 is 1. The molecule has 1 aromatic heterocycles. The first-order chi connectivity index (χ1) is 9.52. The molecule has 20 heavy (non-hydrogen) atoms. The lowest BCUT2D eigenvalue weighted by atomic mass is 10.2. The molecule has 4 nitrogen and oxygen atoms in total. The van der Waals surface area contributed by atoms with E-state index in [2.05, 4.69) is 4.74 Å². The fraction of sp³-hybridized carbons (Fsp3) is 0.571. The maximum absolute atomic E-state index is 12.6. The number of thioether (sulfide) groups is 1. The number of thiophene rings is 1. The summed E-state index contributed by atoms with van der Waals surface area (Å²) < 4.78 is 4.67. The second kappa shape index (κ2) is 6.63. The Hall–Kier alpha value is -1.01. The van der Waals surface area contributed by atoms with Crippen molar-refractivity contribution in [3.8, 4) is 0 Å². The van der Waals surface area contributed by atoms with E-state index >= 15 is 0 Å². The van der Waals surface area contributed by atoms with E-state index in [-0.39, 0.29) is 24.5 Å². The molecule has 2 rings (SSSR count). The highest BCUT2D eigenvalue weighted by atomic mass is 32.2. The normalized spacial score (nSPS) is 14.0. The van der Waals surface area contributed by atoms with Crippen molar-refractivity contribution in [3.63, 3.8) is 0 Å². The van der Waals surface area contributed by atoms with Crippen LogP contribution < -0.4 is 0 Å². The molecule has 1 aliphatic rings. The largest absolute Gasteiger partial charge is 0.468 e. The summed E-state index contributed by atoms with van der Waals surface area (Å²) in [6, 6.07) is 1.95. The van der Waals surface area contributed by atoms with Gasteiger partial charge in [0.1, 0.15) is 6.54 Å². The van der Waals surface area contributed by atoms with E-state index in [0.717, 1.165) is 22.8 Å². The average Bonchev–Trinajstić information content (AvgIpc) is 2.87. The predicted molar refractivity (Wildman–Crippen MR) is 82.4 cm³/mol. The lowest BCUT2D eigenvalue weighted by Crippen LogP contribution is -2.40. The van der Waals surface area contributed by atoms with Crippen LogP contribution in [0, 0.1) is 0 Å². The van der Waals surface area contributed by atoms with E-state index in [9.17, 15) is 9.59 Å². The van der Waals surface area contributed by atoms with Gasteiger partial charge in [0.25, 0.3) is 5.91 Å². The van der Waals surface area contributed by atoms with Gasteiger partial charge in [-0.1, -0.05) is 0 Å². The van der Waals surface area contributed by atoms with Gasteiger partial charge >= 0.3 is 5.97 Å². The first kappa shape index (κ1) is 15.4. The number of carbonyl (C=O) groups is 2. The molecule has 110 valence electrons. The standard InChI is InChI=1S/C14H19NO3S2/c1-9(2)15(7-13(16)18-3)14(17)12-6-10-8-19-5-4-11(10)20-12/h6,9H,4-5,7-8H2,1-3H3. The van der Waals surface area contributed by atoms with E-state index in [0.29, 0.717) is 0 Å². The van der Waals surface area contributed by atoms with Gasteiger partial charge < -0.3 is 9.64 Å². The third-order valence-corrected chi connectivity index (χ3v) is 5.48. The lowest BCUT2D eigenvalue weighted by molar-refractivity contribution is -0.141. The molecule has 0 unspecified atom stereocenters. The van der Waals surface area contributed by atoms with Gasteiger partial charge in [-0.25, -0.2) is 0 Å². The molecule has 0 N–H and O–H groups in total. The van der Waals surface area contributed by atoms with Crippen LogP contribution in [0.4, 0.5) is 0 Å². The predicted octanol–water partition coefficient (Wildman–Crippen LogP) is 2.56. The molecule has 0 spiro atoms. The number of fused-ring (bicyclic) bond motifs is 1. The van der Waals surface area contributed by atoms with Gasteiger partial charge in [0.2, 0.25) is 0 Å². The molecule has 1 amide bonds. The Balaban J connectivity index is 2.18. The summed E-state index contributed by atoms with van der Waals surface area (Å²) in [4.78, 5) is 27.6. The smallest absolute Gasteiger partial charge is 0.325 e. The van der Waals surface area contributed by atoms with Crippen LogP contribution in [0.5, 0.6) is 0 Å². The second-order valence-corrected chi connectivity index (χ2v) is 7.21. The van der Waals surface area contributed by atoms with Gasteiger partial charge in [-0.05, 0) is 37.7 Å². The zero-order chi connectivity index (χ0) is 14.7. The number of ether oxygens (including phenoxy) is 1. The highest BCUT2D eigenvalue weighted by Gasteiger charge is 2.25. The summed E-state index contributed by atoms with van der Waals surface area (Å²) in [5.74, 6) is 1.65. The lowest BCUT2D eigenvalue weighted by Gasteiger charge is -2.24. The Labute approximate surface area is 127 Å². The van der Waals surface area contributed by atoms with Crippen LogP contribution in [0.1, 0.15) is 34.0 Å². The highest BCUT2D eigenvalue weighted by molar-refractivity contribution is 7.98.